The van der Waals surface area contributed by atoms with Crippen LogP contribution in [0.4, 0.5) is 4.39 Å². The van der Waals surface area contributed by atoms with E-state index < -0.39 is 17.3 Å². The number of carboxylic acids is 1. The third kappa shape index (κ3) is 2.16. The summed E-state index contributed by atoms with van der Waals surface area (Å²) in [7, 11) is 0. The van der Waals surface area contributed by atoms with Gasteiger partial charge in [-0.25, -0.2) is 9.18 Å². The van der Waals surface area contributed by atoms with Crippen LogP contribution in [-0.2, 0) is 9.59 Å². The molecule has 2 N–H and O–H groups in total. The summed E-state index contributed by atoms with van der Waals surface area (Å²) in [6.07, 6.45) is 1.40. The fourth-order valence-corrected chi connectivity index (χ4v) is 2.82. The molecule has 3 rings (SSSR count). The lowest BCUT2D eigenvalue weighted by atomic mass is 10.1. The largest absolute Gasteiger partial charge is 0.480 e. The van der Waals surface area contributed by atoms with Gasteiger partial charge in [0.15, 0.2) is 0 Å². The van der Waals surface area contributed by atoms with Gasteiger partial charge in [0.25, 0.3) is 0 Å². The highest BCUT2D eigenvalue weighted by Crippen LogP contribution is 2.51. The number of carboxylic acid groups (broad SMARTS) is 1. The topological polar surface area (TPSA) is 66.4 Å². The zero-order chi connectivity index (χ0) is 14.5. The number of hydrogen-bond donors (Lipinski definition) is 2. The van der Waals surface area contributed by atoms with Crippen LogP contribution in [0.3, 0.4) is 0 Å². The average molecular weight is 298 g/mol. The Bertz CT molecular complexity index is 580. The van der Waals surface area contributed by atoms with Crippen LogP contribution in [0, 0.1) is 11.7 Å². The van der Waals surface area contributed by atoms with E-state index >= 15 is 0 Å². The number of hydrogen-bond acceptors (Lipinski definition) is 2. The molecule has 1 aromatic rings. The van der Waals surface area contributed by atoms with Crippen molar-refractivity contribution in [3.63, 3.8) is 0 Å². The van der Waals surface area contributed by atoms with Gasteiger partial charge in [0.1, 0.15) is 11.4 Å². The van der Waals surface area contributed by atoms with Crippen molar-refractivity contribution >= 4 is 23.5 Å². The molecule has 0 unspecified atom stereocenters. The molecule has 2 saturated carbocycles. The quantitative estimate of drug-likeness (QED) is 0.896. The van der Waals surface area contributed by atoms with E-state index in [0.29, 0.717) is 29.8 Å². The van der Waals surface area contributed by atoms with Crippen molar-refractivity contribution in [2.75, 3.05) is 0 Å². The molecule has 2 atom stereocenters. The zero-order valence-corrected chi connectivity index (χ0v) is 11.3. The van der Waals surface area contributed by atoms with Gasteiger partial charge in [0.2, 0.25) is 5.91 Å². The molecule has 106 valence electrons. The smallest absolute Gasteiger partial charge is 0.329 e. The molecular weight excluding hydrogens is 285 g/mol. The second kappa shape index (κ2) is 4.45. The summed E-state index contributed by atoms with van der Waals surface area (Å²) in [4.78, 5) is 23.1. The predicted molar refractivity (Wildman–Crippen MR) is 70.0 cm³/mol. The lowest BCUT2D eigenvalue weighted by molar-refractivity contribution is -0.143. The van der Waals surface area contributed by atoms with Crippen LogP contribution in [0.25, 0.3) is 0 Å². The van der Waals surface area contributed by atoms with Crippen LogP contribution in [-0.4, -0.2) is 22.5 Å². The third-order valence-electron chi connectivity index (χ3n) is 4.02. The number of carbonyl (C=O) groups excluding carboxylic acids is 1. The average Bonchev–Trinajstić information content (AvgIpc) is 3.22. The minimum Gasteiger partial charge on any atom is -0.480 e. The number of amides is 1. The molecule has 1 amide bonds. The number of carbonyl (C=O) groups is 2. The van der Waals surface area contributed by atoms with Gasteiger partial charge in [-0.15, -0.1) is 0 Å². The maximum atomic E-state index is 13.7. The molecule has 0 heterocycles. The predicted octanol–water partition coefficient (Wildman–Crippen LogP) is 2.32. The Balaban J connectivity index is 1.70. The molecule has 1 aromatic carbocycles. The van der Waals surface area contributed by atoms with Crippen molar-refractivity contribution in [3.05, 3.63) is 34.6 Å². The standard InChI is InChI=1S/C14H13ClFNO3/c15-9-2-1-3-10(16)11(9)7-6-8(7)12(18)17-14(4-5-14)13(19)20/h1-3,7-8H,4-6H2,(H,17,18)(H,19,20)/t7-,8-/m0/s1. The van der Waals surface area contributed by atoms with Crippen molar-refractivity contribution in [2.24, 2.45) is 5.92 Å². The van der Waals surface area contributed by atoms with Crippen molar-refractivity contribution in [2.45, 2.75) is 30.7 Å². The highest BCUT2D eigenvalue weighted by atomic mass is 35.5. The first-order valence-electron chi connectivity index (χ1n) is 6.44. The van der Waals surface area contributed by atoms with E-state index in [2.05, 4.69) is 5.32 Å². The van der Waals surface area contributed by atoms with Crippen molar-refractivity contribution in [1.29, 1.82) is 0 Å². The molecule has 2 aliphatic rings. The van der Waals surface area contributed by atoms with Crippen LogP contribution >= 0.6 is 11.6 Å². The maximum absolute atomic E-state index is 13.7. The Morgan fingerprint density at radius 1 is 1.40 bits per heavy atom. The van der Waals surface area contributed by atoms with Crippen LogP contribution in [0.2, 0.25) is 5.02 Å². The van der Waals surface area contributed by atoms with Gasteiger partial charge < -0.3 is 10.4 Å². The fourth-order valence-electron chi connectivity index (χ4n) is 2.51. The van der Waals surface area contributed by atoms with Gasteiger partial charge in [-0.05, 0) is 31.4 Å². The highest BCUT2D eigenvalue weighted by molar-refractivity contribution is 6.31. The van der Waals surface area contributed by atoms with E-state index in [1.165, 1.54) is 12.1 Å². The summed E-state index contributed by atoms with van der Waals surface area (Å²) < 4.78 is 13.7. The molecule has 0 bridgehead atoms. The molecule has 2 aliphatic carbocycles. The first-order chi connectivity index (χ1) is 9.44. The summed E-state index contributed by atoms with van der Waals surface area (Å²) >= 11 is 5.96. The highest BCUT2D eigenvalue weighted by Gasteiger charge is 2.55. The fraction of sp³-hybridized carbons (Fsp3) is 0.429. The van der Waals surface area contributed by atoms with Crippen LogP contribution in [0.1, 0.15) is 30.7 Å². The Labute approximate surface area is 119 Å². The Hall–Kier alpha value is -1.62. The normalized spacial score (nSPS) is 25.9. The SMILES string of the molecule is O=C(NC1(C(=O)O)CC1)[C@H]1C[C@@H]1c1c(F)cccc1Cl. The molecule has 0 aliphatic heterocycles. The summed E-state index contributed by atoms with van der Waals surface area (Å²) in [6.45, 7) is 0. The molecular formula is C14H13ClFNO3. The Morgan fingerprint density at radius 3 is 2.65 bits per heavy atom. The van der Waals surface area contributed by atoms with Gasteiger partial charge in [0, 0.05) is 22.4 Å². The van der Waals surface area contributed by atoms with Gasteiger partial charge in [-0.3, -0.25) is 4.79 Å². The van der Waals surface area contributed by atoms with E-state index in [9.17, 15) is 14.0 Å². The zero-order valence-electron chi connectivity index (χ0n) is 10.5. The van der Waals surface area contributed by atoms with Crippen LogP contribution in [0.5, 0.6) is 0 Å². The number of rotatable bonds is 4. The second-order valence-corrected chi connectivity index (χ2v) is 5.87. The van der Waals surface area contributed by atoms with Crippen molar-refractivity contribution < 1.29 is 19.1 Å². The molecule has 6 heteroatoms. The number of aliphatic carboxylic acids is 1. The van der Waals surface area contributed by atoms with Gasteiger partial charge in [0.05, 0.1) is 0 Å². The van der Waals surface area contributed by atoms with E-state index in [-0.39, 0.29) is 17.7 Å². The molecule has 4 nitrogen and oxygen atoms in total. The molecule has 2 fully saturated rings. The van der Waals surface area contributed by atoms with Gasteiger partial charge >= 0.3 is 5.97 Å². The van der Waals surface area contributed by atoms with Crippen LogP contribution in [0.15, 0.2) is 18.2 Å². The minimum atomic E-state index is -1.09. The minimum absolute atomic E-state index is 0.256. The lowest BCUT2D eigenvalue weighted by Gasteiger charge is -2.12. The number of nitrogens with one attached hydrogen (secondary N) is 1. The summed E-state index contributed by atoms with van der Waals surface area (Å²) in [5.41, 5.74) is -0.738. The first kappa shape index (κ1) is 13.4. The van der Waals surface area contributed by atoms with Gasteiger partial charge in [-0.1, -0.05) is 17.7 Å². The monoisotopic (exact) mass is 297 g/mol. The van der Waals surface area contributed by atoms with Crippen molar-refractivity contribution in [3.8, 4) is 0 Å². The second-order valence-electron chi connectivity index (χ2n) is 5.46. The first-order valence-corrected chi connectivity index (χ1v) is 6.82. The number of benzene rings is 1. The van der Waals surface area contributed by atoms with Crippen LogP contribution < -0.4 is 5.32 Å². The molecule has 0 aromatic heterocycles. The summed E-state index contributed by atoms with van der Waals surface area (Å²) in [5, 5.41) is 11.9. The van der Waals surface area contributed by atoms with E-state index in [1.54, 1.807) is 6.07 Å². The molecule has 0 saturated heterocycles. The number of halogens is 2. The summed E-state index contributed by atoms with van der Waals surface area (Å²) in [6, 6.07) is 4.42. The molecule has 0 radical (unpaired) electrons. The summed E-state index contributed by atoms with van der Waals surface area (Å²) in [5.74, 6) is -2.40. The van der Waals surface area contributed by atoms with E-state index in [1.807, 2.05) is 0 Å². The van der Waals surface area contributed by atoms with E-state index in [4.69, 9.17) is 16.7 Å². The Kier molecular flexibility index (Phi) is 2.97. The van der Waals surface area contributed by atoms with E-state index in [0.717, 1.165) is 0 Å². The maximum Gasteiger partial charge on any atom is 0.329 e. The molecule has 20 heavy (non-hydrogen) atoms. The Morgan fingerprint density at radius 2 is 2.10 bits per heavy atom. The van der Waals surface area contributed by atoms with Gasteiger partial charge in [-0.2, -0.15) is 0 Å². The third-order valence-corrected chi connectivity index (χ3v) is 4.35. The van der Waals surface area contributed by atoms with Crippen molar-refractivity contribution in [1.82, 2.24) is 5.32 Å². The lowest BCUT2D eigenvalue weighted by Crippen LogP contribution is -2.43. The molecule has 0 spiro atoms.